The number of hydrogen-bond acceptors (Lipinski definition) is 3. The summed E-state index contributed by atoms with van der Waals surface area (Å²) in [5.74, 6) is -0.281. The van der Waals surface area contributed by atoms with E-state index in [2.05, 4.69) is 15.5 Å². The highest BCUT2D eigenvalue weighted by atomic mass is 16.2. The lowest BCUT2D eigenvalue weighted by Crippen LogP contribution is -2.23. The summed E-state index contributed by atoms with van der Waals surface area (Å²) < 4.78 is 0. The molecule has 0 aliphatic rings. The van der Waals surface area contributed by atoms with Crippen molar-refractivity contribution in [2.45, 2.75) is 13.5 Å². The van der Waals surface area contributed by atoms with E-state index < -0.39 is 0 Å². The lowest BCUT2D eigenvalue weighted by Gasteiger charge is -2.15. The van der Waals surface area contributed by atoms with Gasteiger partial charge in [0, 0.05) is 31.6 Å². The van der Waals surface area contributed by atoms with Crippen LogP contribution in [0.2, 0.25) is 0 Å². The highest BCUT2D eigenvalue weighted by Crippen LogP contribution is 2.18. The largest absolute Gasteiger partial charge is 0.342 e. The fourth-order valence-electron chi connectivity index (χ4n) is 2.46. The summed E-state index contributed by atoms with van der Waals surface area (Å²) in [5.41, 5.74) is 2.79. The second kappa shape index (κ2) is 6.54. The molecule has 0 aliphatic carbocycles. The van der Waals surface area contributed by atoms with Gasteiger partial charge in [-0.2, -0.15) is 5.10 Å². The molecule has 0 bridgehead atoms. The molecule has 0 spiro atoms. The van der Waals surface area contributed by atoms with Gasteiger partial charge in [-0.25, -0.2) is 0 Å². The Labute approximate surface area is 139 Å². The Morgan fingerprint density at radius 2 is 1.96 bits per heavy atom. The van der Waals surface area contributed by atoms with E-state index in [4.69, 9.17) is 0 Å². The normalized spacial score (nSPS) is 10.6. The van der Waals surface area contributed by atoms with Crippen molar-refractivity contribution in [2.24, 2.45) is 0 Å². The highest BCUT2D eigenvalue weighted by molar-refractivity contribution is 6.11. The topological polar surface area (TPSA) is 78.1 Å². The number of carbonyl (C=O) groups excluding carboxylic acids is 2. The van der Waals surface area contributed by atoms with Crippen LogP contribution in [-0.2, 0) is 11.3 Å². The van der Waals surface area contributed by atoms with Crippen LogP contribution in [0.5, 0.6) is 0 Å². The molecule has 6 heteroatoms. The quantitative estimate of drug-likeness (QED) is 0.775. The van der Waals surface area contributed by atoms with E-state index in [0.717, 1.165) is 16.5 Å². The number of rotatable bonds is 4. The molecule has 0 fully saturated rings. The molecule has 2 aromatic carbocycles. The Kier molecular flexibility index (Phi) is 4.29. The average molecular weight is 322 g/mol. The number of carbonyl (C=O) groups is 2. The van der Waals surface area contributed by atoms with Crippen molar-refractivity contribution in [3.8, 4) is 0 Å². The third-order valence-corrected chi connectivity index (χ3v) is 3.83. The van der Waals surface area contributed by atoms with Crippen LogP contribution in [0.3, 0.4) is 0 Å². The Hall–Kier alpha value is -3.15. The van der Waals surface area contributed by atoms with Crippen molar-refractivity contribution in [3.05, 3.63) is 59.8 Å². The molecule has 0 atom stereocenters. The van der Waals surface area contributed by atoms with Gasteiger partial charge in [-0.05, 0) is 23.8 Å². The lowest BCUT2D eigenvalue weighted by atomic mass is 10.1. The van der Waals surface area contributed by atoms with Crippen molar-refractivity contribution in [1.29, 1.82) is 0 Å². The summed E-state index contributed by atoms with van der Waals surface area (Å²) in [6.07, 6.45) is 0. The predicted molar refractivity (Wildman–Crippen MR) is 92.6 cm³/mol. The first-order valence-electron chi connectivity index (χ1n) is 7.59. The van der Waals surface area contributed by atoms with Crippen LogP contribution in [0.15, 0.2) is 48.5 Å². The van der Waals surface area contributed by atoms with Crippen LogP contribution in [0.1, 0.15) is 23.0 Å². The van der Waals surface area contributed by atoms with Gasteiger partial charge >= 0.3 is 0 Å². The van der Waals surface area contributed by atoms with E-state index in [1.807, 2.05) is 48.5 Å². The van der Waals surface area contributed by atoms with Gasteiger partial charge in [-0.15, -0.1) is 0 Å². The minimum absolute atomic E-state index is 0.00701. The number of nitrogens with zero attached hydrogens (tertiary/aromatic N) is 2. The second-order valence-corrected chi connectivity index (χ2v) is 5.65. The SMILES string of the molecule is CC(=O)N(C)Cc1cccc(NC(=O)c2n[nH]c3ccccc23)c1. The molecule has 0 aliphatic heterocycles. The zero-order valence-electron chi connectivity index (χ0n) is 13.5. The van der Waals surface area contributed by atoms with Gasteiger partial charge in [0.15, 0.2) is 5.69 Å². The fraction of sp³-hybridized carbons (Fsp3) is 0.167. The first-order valence-corrected chi connectivity index (χ1v) is 7.59. The molecule has 3 rings (SSSR count). The number of fused-ring (bicyclic) bond motifs is 1. The lowest BCUT2D eigenvalue weighted by molar-refractivity contribution is -0.128. The Morgan fingerprint density at radius 3 is 2.75 bits per heavy atom. The Balaban J connectivity index is 1.78. The maximum Gasteiger partial charge on any atom is 0.276 e. The van der Waals surface area contributed by atoms with E-state index in [-0.39, 0.29) is 11.8 Å². The van der Waals surface area contributed by atoms with Crippen LogP contribution in [0, 0.1) is 0 Å². The molecule has 0 unspecified atom stereocenters. The van der Waals surface area contributed by atoms with Crippen LogP contribution in [-0.4, -0.2) is 34.0 Å². The fourth-order valence-corrected chi connectivity index (χ4v) is 2.46. The number of hydrogen-bond donors (Lipinski definition) is 2. The first-order chi connectivity index (χ1) is 11.5. The smallest absolute Gasteiger partial charge is 0.276 e. The summed E-state index contributed by atoms with van der Waals surface area (Å²) in [4.78, 5) is 25.4. The summed E-state index contributed by atoms with van der Waals surface area (Å²) in [6, 6.07) is 14.9. The summed E-state index contributed by atoms with van der Waals surface area (Å²) in [5, 5.41) is 10.6. The molecular weight excluding hydrogens is 304 g/mol. The Morgan fingerprint density at radius 1 is 1.17 bits per heavy atom. The number of benzene rings is 2. The summed E-state index contributed by atoms with van der Waals surface area (Å²) >= 11 is 0. The third kappa shape index (κ3) is 3.27. The zero-order valence-corrected chi connectivity index (χ0v) is 13.5. The molecule has 3 aromatic rings. The number of anilines is 1. The number of amides is 2. The van der Waals surface area contributed by atoms with Crippen molar-refractivity contribution >= 4 is 28.4 Å². The number of nitrogens with one attached hydrogen (secondary N) is 2. The third-order valence-electron chi connectivity index (χ3n) is 3.83. The van der Waals surface area contributed by atoms with Crippen molar-refractivity contribution in [2.75, 3.05) is 12.4 Å². The van der Waals surface area contributed by atoms with Gasteiger partial charge in [0.1, 0.15) is 0 Å². The standard InChI is InChI=1S/C18H18N4O2/c1-12(23)22(2)11-13-6-5-7-14(10-13)19-18(24)17-15-8-3-4-9-16(15)20-21-17/h3-10H,11H2,1-2H3,(H,19,24)(H,20,21). The molecule has 6 nitrogen and oxygen atoms in total. The van der Waals surface area contributed by atoms with E-state index in [1.54, 1.807) is 11.9 Å². The summed E-state index contributed by atoms with van der Waals surface area (Å²) in [6.45, 7) is 2.01. The van der Waals surface area contributed by atoms with Gasteiger partial charge in [-0.3, -0.25) is 14.7 Å². The number of aromatic amines is 1. The number of aromatic nitrogens is 2. The van der Waals surface area contributed by atoms with Crippen molar-refractivity contribution in [1.82, 2.24) is 15.1 Å². The van der Waals surface area contributed by atoms with Crippen LogP contribution in [0.4, 0.5) is 5.69 Å². The van der Waals surface area contributed by atoms with Gasteiger partial charge < -0.3 is 10.2 Å². The highest BCUT2D eigenvalue weighted by Gasteiger charge is 2.14. The minimum atomic E-state index is -0.274. The molecule has 2 amide bonds. The maximum absolute atomic E-state index is 12.5. The van der Waals surface area contributed by atoms with Crippen molar-refractivity contribution < 1.29 is 9.59 Å². The van der Waals surface area contributed by atoms with E-state index in [1.165, 1.54) is 6.92 Å². The monoisotopic (exact) mass is 322 g/mol. The molecule has 24 heavy (non-hydrogen) atoms. The second-order valence-electron chi connectivity index (χ2n) is 5.65. The molecule has 1 heterocycles. The van der Waals surface area contributed by atoms with Gasteiger partial charge in [0.25, 0.3) is 5.91 Å². The average Bonchev–Trinajstić information content (AvgIpc) is 2.99. The Bertz CT molecular complexity index is 901. The van der Waals surface area contributed by atoms with E-state index >= 15 is 0 Å². The van der Waals surface area contributed by atoms with E-state index in [0.29, 0.717) is 17.9 Å². The number of H-pyrrole nitrogens is 1. The van der Waals surface area contributed by atoms with Crippen LogP contribution >= 0.6 is 0 Å². The first kappa shape index (κ1) is 15.7. The molecular formula is C18H18N4O2. The van der Waals surface area contributed by atoms with Gasteiger partial charge in [0.2, 0.25) is 5.91 Å². The van der Waals surface area contributed by atoms with E-state index in [9.17, 15) is 9.59 Å². The molecule has 0 radical (unpaired) electrons. The molecule has 0 saturated carbocycles. The van der Waals surface area contributed by atoms with Crippen molar-refractivity contribution in [3.63, 3.8) is 0 Å². The minimum Gasteiger partial charge on any atom is -0.342 e. The molecule has 0 saturated heterocycles. The zero-order chi connectivity index (χ0) is 17.1. The van der Waals surface area contributed by atoms with Gasteiger partial charge in [0.05, 0.1) is 5.52 Å². The maximum atomic E-state index is 12.5. The van der Waals surface area contributed by atoms with Crippen LogP contribution < -0.4 is 5.32 Å². The van der Waals surface area contributed by atoms with Gasteiger partial charge in [-0.1, -0.05) is 30.3 Å². The summed E-state index contributed by atoms with van der Waals surface area (Å²) in [7, 11) is 1.74. The van der Waals surface area contributed by atoms with Crippen LogP contribution in [0.25, 0.3) is 10.9 Å². The molecule has 2 N–H and O–H groups in total. The molecule has 122 valence electrons. The number of para-hydroxylation sites is 1. The molecule has 1 aromatic heterocycles. The predicted octanol–water partition coefficient (Wildman–Crippen LogP) is 2.79.